The van der Waals surface area contributed by atoms with Crippen LogP contribution in [-0.4, -0.2) is 15.0 Å². The summed E-state index contributed by atoms with van der Waals surface area (Å²) >= 11 is 0. The van der Waals surface area contributed by atoms with Crippen molar-refractivity contribution in [1.29, 1.82) is 0 Å². The van der Waals surface area contributed by atoms with E-state index in [-0.39, 0.29) is 0 Å². The average Bonchev–Trinajstić information content (AvgIpc) is 2.04. The number of nitrogens with two attached hydrogens (primary N) is 1. The first kappa shape index (κ1) is 6.03. The van der Waals surface area contributed by atoms with Gasteiger partial charge in [-0.1, -0.05) is 0 Å². The van der Waals surface area contributed by atoms with E-state index in [9.17, 15) is 0 Å². The molecule has 4 heteroatoms. The molecule has 2 N–H and O–H groups in total. The second-order valence-electron chi connectivity index (χ2n) is 2.14. The molecule has 0 saturated carbocycles. The van der Waals surface area contributed by atoms with E-state index in [4.69, 9.17) is 5.73 Å². The molecule has 0 unspecified atom stereocenters. The summed E-state index contributed by atoms with van der Waals surface area (Å²) in [6.07, 6.45) is 3.22. The quantitative estimate of drug-likeness (QED) is 0.591. The summed E-state index contributed by atoms with van der Waals surface area (Å²) < 4.78 is 0. The fourth-order valence-electron chi connectivity index (χ4n) is 0.869. The molecule has 2 aromatic rings. The number of pyridine rings is 1. The zero-order valence-corrected chi connectivity index (χ0v) is 5.73. The van der Waals surface area contributed by atoms with Gasteiger partial charge in [0.25, 0.3) is 0 Å². The van der Waals surface area contributed by atoms with E-state index in [2.05, 4.69) is 15.0 Å². The largest absolute Gasteiger partial charge is 0.384 e. The molecule has 0 amide bonds. The summed E-state index contributed by atoms with van der Waals surface area (Å²) in [5.41, 5.74) is 6.80. The standard InChI is InChI=1S/C7H6N4/c8-6-2-1-5-7(11-6)10-4-3-9-5/h1-4H,(H2,8,10,11). The molecular weight excluding hydrogens is 140 g/mol. The van der Waals surface area contributed by atoms with Crippen LogP contribution in [0.1, 0.15) is 0 Å². The van der Waals surface area contributed by atoms with Crippen LogP contribution in [0.2, 0.25) is 0 Å². The van der Waals surface area contributed by atoms with Crippen molar-refractivity contribution in [2.45, 2.75) is 0 Å². The van der Waals surface area contributed by atoms with Crippen LogP contribution < -0.4 is 5.73 Å². The molecule has 0 aliphatic carbocycles. The number of aromatic nitrogens is 3. The average molecular weight is 146 g/mol. The molecule has 2 heterocycles. The maximum atomic E-state index is 5.44. The van der Waals surface area contributed by atoms with E-state index in [1.54, 1.807) is 24.5 Å². The Labute approximate surface area is 63.1 Å². The smallest absolute Gasteiger partial charge is 0.180 e. The summed E-state index contributed by atoms with van der Waals surface area (Å²) in [5.74, 6) is 0.470. The molecule has 2 aromatic heterocycles. The summed E-state index contributed by atoms with van der Waals surface area (Å²) in [5, 5.41) is 0. The van der Waals surface area contributed by atoms with Crippen molar-refractivity contribution in [2.24, 2.45) is 0 Å². The van der Waals surface area contributed by atoms with Crippen molar-refractivity contribution >= 4 is 17.0 Å². The molecule has 0 aliphatic heterocycles. The number of fused-ring (bicyclic) bond motifs is 1. The van der Waals surface area contributed by atoms with Crippen LogP contribution in [0.4, 0.5) is 5.82 Å². The highest BCUT2D eigenvalue weighted by atomic mass is 14.9. The molecule has 0 bridgehead atoms. The second kappa shape index (κ2) is 2.16. The maximum Gasteiger partial charge on any atom is 0.180 e. The number of hydrogen-bond acceptors (Lipinski definition) is 4. The van der Waals surface area contributed by atoms with Crippen molar-refractivity contribution < 1.29 is 0 Å². The molecule has 54 valence electrons. The SMILES string of the molecule is Nc1ccc2nccnc2n1. The minimum Gasteiger partial charge on any atom is -0.384 e. The fourth-order valence-corrected chi connectivity index (χ4v) is 0.869. The molecule has 0 radical (unpaired) electrons. The zero-order valence-electron chi connectivity index (χ0n) is 5.73. The van der Waals surface area contributed by atoms with E-state index in [0.717, 1.165) is 5.52 Å². The van der Waals surface area contributed by atoms with Gasteiger partial charge in [0.05, 0.1) is 0 Å². The summed E-state index contributed by atoms with van der Waals surface area (Å²) in [4.78, 5) is 12.0. The van der Waals surface area contributed by atoms with Gasteiger partial charge in [0.2, 0.25) is 0 Å². The molecule has 0 aliphatic rings. The number of hydrogen-bond donors (Lipinski definition) is 1. The molecule has 11 heavy (non-hydrogen) atoms. The Morgan fingerprint density at radius 1 is 1.09 bits per heavy atom. The van der Waals surface area contributed by atoms with Gasteiger partial charge in [-0.2, -0.15) is 0 Å². The minimum absolute atomic E-state index is 0.470. The Hall–Kier alpha value is -1.71. The lowest BCUT2D eigenvalue weighted by atomic mass is 10.4. The van der Waals surface area contributed by atoms with Crippen LogP contribution >= 0.6 is 0 Å². The van der Waals surface area contributed by atoms with E-state index in [1.165, 1.54) is 0 Å². The van der Waals surface area contributed by atoms with E-state index >= 15 is 0 Å². The van der Waals surface area contributed by atoms with Gasteiger partial charge in [0, 0.05) is 12.4 Å². The Morgan fingerprint density at radius 2 is 1.91 bits per heavy atom. The number of nitrogen functional groups attached to an aromatic ring is 1. The van der Waals surface area contributed by atoms with Gasteiger partial charge >= 0.3 is 0 Å². The lowest BCUT2D eigenvalue weighted by molar-refractivity contribution is 1.23. The van der Waals surface area contributed by atoms with Gasteiger partial charge in [-0.05, 0) is 12.1 Å². The molecule has 0 atom stereocenters. The molecule has 2 rings (SSSR count). The van der Waals surface area contributed by atoms with Gasteiger partial charge in [-0.3, -0.25) is 4.98 Å². The molecule has 0 aromatic carbocycles. The predicted octanol–water partition coefficient (Wildman–Crippen LogP) is 0.607. The topological polar surface area (TPSA) is 64.7 Å². The van der Waals surface area contributed by atoms with Crippen molar-refractivity contribution in [3.63, 3.8) is 0 Å². The highest BCUT2D eigenvalue weighted by Gasteiger charge is 1.94. The van der Waals surface area contributed by atoms with Gasteiger partial charge in [-0.15, -0.1) is 0 Å². The van der Waals surface area contributed by atoms with Crippen molar-refractivity contribution in [1.82, 2.24) is 15.0 Å². The van der Waals surface area contributed by atoms with Gasteiger partial charge in [-0.25, -0.2) is 9.97 Å². The normalized spacial score (nSPS) is 10.2. The van der Waals surface area contributed by atoms with Crippen LogP contribution in [0.15, 0.2) is 24.5 Å². The fraction of sp³-hybridized carbons (Fsp3) is 0. The Kier molecular flexibility index (Phi) is 1.18. The molecule has 0 fully saturated rings. The Bertz CT molecular complexity index is 385. The second-order valence-corrected chi connectivity index (χ2v) is 2.14. The summed E-state index contributed by atoms with van der Waals surface area (Å²) in [6.45, 7) is 0. The highest BCUT2D eigenvalue weighted by Crippen LogP contribution is 2.06. The first-order valence-corrected chi connectivity index (χ1v) is 3.19. The number of anilines is 1. The van der Waals surface area contributed by atoms with Crippen molar-refractivity contribution in [3.05, 3.63) is 24.5 Å². The number of nitrogens with zero attached hydrogens (tertiary/aromatic N) is 3. The minimum atomic E-state index is 0.470. The third-order valence-electron chi connectivity index (χ3n) is 1.35. The third-order valence-corrected chi connectivity index (χ3v) is 1.35. The molecule has 4 nitrogen and oxygen atoms in total. The van der Waals surface area contributed by atoms with Crippen LogP contribution in [0, 0.1) is 0 Å². The summed E-state index contributed by atoms with van der Waals surface area (Å²) in [7, 11) is 0. The highest BCUT2D eigenvalue weighted by molar-refractivity contribution is 5.70. The van der Waals surface area contributed by atoms with Gasteiger partial charge in [0.1, 0.15) is 11.3 Å². The Morgan fingerprint density at radius 3 is 2.82 bits per heavy atom. The van der Waals surface area contributed by atoms with Gasteiger partial charge in [0.15, 0.2) is 5.65 Å². The van der Waals surface area contributed by atoms with Crippen molar-refractivity contribution in [2.75, 3.05) is 5.73 Å². The predicted molar refractivity (Wildman–Crippen MR) is 41.7 cm³/mol. The van der Waals surface area contributed by atoms with Gasteiger partial charge < -0.3 is 5.73 Å². The van der Waals surface area contributed by atoms with E-state index in [0.29, 0.717) is 11.5 Å². The number of rotatable bonds is 0. The van der Waals surface area contributed by atoms with Crippen LogP contribution in [0.25, 0.3) is 11.2 Å². The third kappa shape index (κ3) is 0.980. The monoisotopic (exact) mass is 146 g/mol. The Balaban J connectivity index is 2.83. The van der Waals surface area contributed by atoms with E-state index < -0.39 is 0 Å². The lowest BCUT2D eigenvalue weighted by Crippen LogP contribution is -1.92. The van der Waals surface area contributed by atoms with Crippen LogP contribution in [0.3, 0.4) is 0 Å². The molecule has 0 saturated heterocycles. The first-order valence-electron chi connectivity index (χ1n) is 3.19. The van der Waals surface area contributed by atoms with Crippen LogP contribution in [0.5, 0.6) is 0 Å². The molecule has 0 spiro atoms. The first-order chi connectivity index (χ1) is 5.36. The lowest BCUT2D eigenvalue weighted by Gasteiger charge is -1.94. The maximum absolute atomic E-state index is 5.44. The molecular formula is C7H6N4. The summed E-state index contributed by atoms with van der Waals surface area (Å²) in [6, 6.07) is 3.50. The van der Waals surface area contributed by atoms with Crippen LogP contribution in [-0.2, 0) is 0 Å². The van der Waals surface area contributed by atoms with E-state index in [1.807, 2.05) is 0 Å². The zero-order chi connectivity index (χ0) is 7.68. The van der Waals surface area contributed by atoms with Crippen molar-refractivity contribution in [3.8, 4) is 0 Å².